The fourth-order valence-corrected chi connectivity index (χ4v) is 0.265. The summed E-state index contributed by atoms with van der Waals surface area (Å²) in [4.78, 5) is 0. The van der Waals surface area contributed by atoms with Crippen molar-refractivity contribution in [2.24, 2.45) is 0 Å². The molecule has 0 aliphatic rings. The Balaban J connectivity index is -0.0000000655. The minimum atomic E-state index is 0. The fourth-order valence-electron chi connectivity index (χ4n) is 0.265. The Morgan fingerprint density at radius 2 is 0.500 bits per heavy atom. The number of hydrogen-bond donors (Lipinski definition) is 0. The smallest absolute Gasteiger partial charge is 0.677 e. The third-order valence-electron chi connectivity index (χ3n) is 1.06. The van der Waals surface area contributed by atoms with Crippen LogP contribution in [0.25, 0.3) is 34.4 Å². The average molecular weight is 268 g/mol. The van der Waals surface area contributed by atoms with Crippen molar-refractivity contribution in [3.8, 4) is 0 Å². The van der Waals surface area contributed by atoms with Crippen LogP contribution in [0.15, 0.2) is 0 Å². The molecule has 96 valence electrons. The van der Waals surface area contributed by atoms with Gasteiger partial charge in [-0.2, -0.15) is 39.3 Å². The van der Waals surface area contributed by atoms with Gasteiger partial charge in [0, 0.05) is 0 Å². The van der Waals surface area contributed by atoms with Crippen LogP contribution in [0.4, 0.5) is 0 Å². The normalized spacial score (nSPS) is 7.88. The van der Waals surface area contributed by atoms with E-state index in [0.717, 1.165) is 19.3 Å². The molecular formula is C9H24CrN6. The molecule has 16 heavy (non-hydrogen) atoms. The molecule has 0 aliphatic carbocycles. The minimum Gasteiger partial charge on any atom is -0.677 e. The number of nitrogens with one attached hydrogen (secondary N) is 6. The average Bonchev–Trinajstić information content (AvgIpc) is 2.23. The summed E-state index contributed by atoms with van der Waals surface area (Å²) in [5, 5.41) is 0. The van der Waals surface area contributed by atoms with E-state index in [4.69, 9.17) is 34.4 Å². The summed E-state index contributed by atoms with van der Waals surface area (Å²) in [7, 11) is 0. The molecule has 0 unspecified atom stereocenters. The maximum atomic E-state index is 6.48. The van der Waals surface area contributed by atoms with Gasteiger partial charge in [0.25, 0.3) is 0 Å². The molecule has 0 bridgehead atoms. The van der Waals surface area contributed by atoms with Gasteiger partial charge in [-0.1, -0.05) is 19.3 Å². The minimum absolute atomic E-state index is 0. The molecule has 0 aliphatic heterocycles. The van der Waals surface area contributed by atoms with Gasteiger partial charge < -0.3 is 34.4 Å². The van der Waals surface area contributed by atoms with Gasteiger partial charge in [-0.25, -0.2) is 0 Å². The first-order valence-electron chi connectivity index (χ1n) is 5.12. The maximum absolute atomic E-state index is 6.48. The summed E-state index contributed by atoms with van der Waals surface area (Å²) in [5.41, 5.74) is 38.9. The molecule has 6 N–H and O–H groups in total. The van der Waals surface area contributed by atoms with Crippen LogP contribution in [0, 0.1) is 0 Å². The SMILES string of the molecule is [Cr+6].[NH-]CCC[NH-].[NH-]CCC[NH-].[NH-]CCC[NH-]. The van der Waals surface area contributed by atoms with E-state index in [-0.39, 0.29) is 17.4 Å². The molecule has 0 heterocycles. The predicted molar refractivity (Wildman–Crippen MR) is 69.0 cm³/mol. The molecule has 6 nitrogen and oxygen atoms in total. The van der Waals surface area contributed by atoms with Crippen LogP contribution in [-0.4, -0.2) is 39.3 Å². The second-order valence-electron chi connectivity index (χ2n) is 2.56. The summed E-state index contributed by atoms with van der Waals surface area (Å²) in [6.07, 6.45) is 2.17. The van der Waals surface area contributed by atoms with Gasteiger partial charge in [0.15, 0.2) is 0 Å². The molecule has 0 aromatic rings. The van der Waals surface area contributed by atoms with Gasteiger partial charge in [0.1, 0.15) is 0 Å². The van der Waals surface area contributed by atoms with Crippen molar-refractivity contribution in [3.05, 3.63) is 34.4 Å². The van der Waals surface area contributed by atoms with Crippen molar-refractivity contribution in [2.75, 3.05) is 39.3 Å². The van der Waals surface area contributed by atoms with E-state index in [1.807, 2.05) is 0 Å². The topological polar surface area (TPSA) is 143 Å². The first kappa shape index (κ1) is 25.2. The number of hydrogen-bond acceptors (Lipinski definition) is 0. The van der Waals surface area contributed by atoms with Gasteiger partial charge >= 0.3 is 17.4 Å². The first-order chi connectivity index (χ1) is 7.24. The fraction of sp³-hybridized carbons (Fsp3) is 1.00. The maximum Gasteiger partial charge on any atom is 6.00 e. The molecule has 0 radical (unpaired) electrons. The predicted octanol–water partition coefficient (Wildman–Crippen LogP) is 4.44. The van der Waals surface area contributed by atoms with Gasteiger partial charge in [-0.3, -0.25) is 0 Å². The molecular weight excluding hydrogens is 244 g/mol. The Hall–Kier alpha value is 0.292. The van der Waals surface area contributed by atoms with Gasteiger partial charge in [-0.15, -0.1) is 0 Å². The zero-order chi connectivity index (χ0) is 12.4. The van der Waals surface area contributed by atoms with Crippen molar-refractivity contribution in [1.82, 2.24) is 0 Å². The van der Waals surface area contributed by atoms with E-state index < -0.39 is 0 Å². The van der Waals surface area contributed by atoms with Crippen molar-refractivity contribution in [2.45, 2.75) is 19.3 Å². The van der Waals surface area contributed by atoms with E-state index in [0.29, 0.717) is 39.3 Å². The van der Waals surface area contributed by atoms with E-state index in [1.165, 1.54) is 0 Å². The van der Waals surface area contributed by atoms with Crippen LogP contribution < -0.4 is 0 Å². The van der Waals surface area contributed by atoms with Crippen molar-refractivity contribution in [1.29, 1.82) is 0 Å². The van der Waals surface area contributed by atoms with Crippen molar-refractivity contribution < 1.29 is 17.4 Å². The second kappa shape index (κ2) is 36.2. The summed E-state index contributed by atoms with van der Waals surface area (Å²) >= 11 is 0. The van der Waals surface area contributed by atoms with Crippen molar-refractivity contribution >= 4 is 0 Å². The third kappa shape index (κ3) is 63.8. The van der Waals surface area contributed by atoms with E-state index >= 15 is 0 Å². The van der Waals surface area contributed by atoms with Crippen LogP contribution in [0.3, 0.4) is 0 Å². The largest absolute Gasteiger partial charge is 6.00 e. The standard InChI is InChI=1S/3C3H8N2.Cr/c3*4-2-1-3-5;/h3*4-5H,1-3H2;/q3*-2;+6. The molecule has 0 atom stereocenters. The van der Waals surface area contributed by atoms with E-state index in [9.17, 15) is 0 Å². The monoisotopic (exact) mass is 268 g/mol. The Morgan fingerprint density at radius 3 is 0.500 bits per heavy atom. The van der Waals surface area contributed by atoms with Gasteiger partial charge in [0.05, 0.1) is 0 Å². The van der Waals surface area contributed by atoms with Gasteiger partial charge in [-0.05, 0) is 0 Å². The van der Waals surface area contributed by atoms with E-state index in [1.54, 1.807) is 0 Å². The molecule has 0 rings (SSSR count). The molecule has 0 saturated heterocycles. The molecule has 0 spiro atoms. The van der Waals surface area contributed by atoms with Crippen LogP contribution in [0.1, 0.15) is 19.3 Å². The van der Waals surface area contributed by atoms with Crippen LogP contribution in [0.2, 0.25) is 0 Å². The van der Waals surface area contributed by atoms with Gasteiger partial charge in [0.2, 0.25) is 0 Å². The Kier molecular flexibility index (Phi) is 57.0. The summed E-state index contributed by atoms with van der Waals surface area (Å²) < 4.78 is 0. The quantitative estimate of drug-likeness (QED) is 0.670. The molecule has 0 amide bonds. The summed E-state index contributed by atoms with van der Waals surface area (Å²) in [5.74, 6) is 0. The zero-order valence-corrected chi connectivity index (χ0v) is 11.0. The zero-order valence-electron chi connectivity index (χ0n) is 9.77. The molecule has 0 saturated carbocycles. The van der Waals surface area contributed by atoms with Crippen LogP contribution in [0.5, 0.6) is 0 Å². The van der Waals surface area contributed by atoms with E-state index in [2.05, 4.69) is 0 Å². The Bertz CT molecular complexity index is 56.8. The van der Waals surface area contributed by atoms with Crippen LogP contribution >= 0.6 is 0 Å². The molecule has 7 heteroatoms. The van der Waals surface area contributed by atoms with Crippen molar-refractivity contribution in [3.63, 3.8) is 0 Å². The second-order valence-corrected chi connectivity index (χ2v) is 2.56. The third-order valence-corrected chi connectivity index (χ3v) is 1.06. The number of rotatable bonds is 6. The summed E-state index contributed by atoms with van der Waals surface area (Å²) in [6.45, 7) is 2.44. The summed E-state index contributed by atoms with van der Waals surface area (Å²) in [6, 6.07) is 0. The molecule has 0 aromatic carbocycles. The first-order valence-corrected chi connectivity index (χ1v) is 5.12. The molecule has 0 aromatic heterocycles. The van der Waals surface area contributed by atoms with Crippen LogP contribution in [-0.2, 0) is 17.4 Å². The Labute approximate surface area is 111 Å². The Morgan fingerprint density at radius 1 is 0.375 bits per heavy atom. The molecule has 0 fully saturated rings.